The van der Waals surface area contributed by atoms with E-state index >= 15 is 0 Å². The second-order valence-electron chi connectivity index (χ2n) is 4.70. The molecule has 0 radical (unpaired) electrons. The van der Waals surface area contributed by atoms with E-state index in [4.69, 9.17) is 0 Å². The predicted molar refractivity (Wildman–Crippen MR) is 75.5 cm³/mol. The third-order valence-corrected chi connectivity index (χ3v) is 4.34. The fraction of sp³-hybridized carbons (Fsp3) is 0.462. The van der Waals surface area contributed by atoms with Gasteiger partial charge in [-0.15, -0.1) is 0 Å². The Morgan fingerprint density at radius 1 is 1.42 bits per heavy atom. The minimum absolute atomic E-state index is 0.0406. The van der Waals surface area contributed by atoms with Crippen LogP contribution < -0.4 is 0 Å². The summed E-state index contributed by atoms with van der Waals surface area (Å²) in [5.41, 5.74) is 0.354. The van der Waals surface area contributed by atoms with E-state index in [-0.39, 0.29) is 11.6 Å². The number of carbonyl (C=O) groups excluding carboxylic acids is 1. The average Bonchev–Trinajstić information content (AvgIpc) is 2.46. The molecule has 1 aromatic carbocycles. The number of nitrogens with zero attached hydrogens (tertiary/aromatic N) is 2. The number of nitro groups is 1. The zero-order valence-corrected chi connectivity index (χ0v) is 12.0. The molecule has 1 heterocycles. The minimum atomic E-state index is -0.478. The second-order valence-corrected chi connectivity index (χ2v) is 5.34. The standard InChI is InChI=1S/C13H15BrN2O3/c14-9-10-4-6-15(7-5-10)13(17)11-2-1-3-12(8-11)16(18)19/h1-3,8,10H,4-7,9H2. The Morgan fingerprint density at radius 2 is 2.11 bits per heavy atom. The van der Waals surface area contributed by atoms with Crippen LogP contribution in [0.15, 0.2) is 24.3 Å². The minimum Gasteiger partial charge on any atom is -0.339 e. The molecule has 0 spiro atoms. The zero-order chi connectivity index (χ0) is 13.8. The number of amides is 1. The third-order valence-electron chi connectivity index (χ3n) is 3.42. The molecule has 0 N–H and O–H groups in total. The van der Waals surface area contributed by atoms with Crippen LogP contribution in [0.25, 0.3) is 0 Å². The third kappa shape index (κ3) is 3.32. The highest BCUT2D eigenvalue weighted by Crippen LogP contribution is 2.21. The monoisotopic (exact) mass is 326 g/mol. The summed E-state index contributed by atoms with van der Waals surface area (Å²) in [4.78, 5) is 24.3. The van der Waals surface area contributed by atoms with Crippen LogP contribution in [0.2, 0.25) is 0 Å². The number of benzene rings is 1. The van der Waals surface area contributed by atoms with Crippen LogP contribution in [0.3, 0.4) is 0 Å². The number of rotatable bonds is 3. The average molecular weight is 327 g/mol. The van der Waals surface area contributed by atoms with Gasteiger partial charge in [0.25, 0.3) is 11.6 Å². The van der Waals surface area contributed by atoms with Crippen molar-refractivity contribution >= 4 is 27.5 Å². The molecular weight excluding hydrogens is 312 g/mol. The van der Waals surface area contributed by atoms with Crippen LogP contribution >= 0.6 is 15.9 Å². The molecule has 0 atom stereocenters. The van der Waals surface area contributed by atoms with Gasteiger partial charge in [-0.1, -0.05) is 22.0 Å². The van der Waals surface area contributed by atoms with E-state index in [2.05, 4.69) is 15.9 Å². The lowest BCUT2D eigenvalue weighted by atomic mass is 9.98. The highest BCUT2D eigenvalue weighted by atomic mass is 79.9. The molecule has 6 heteroatoms. The smallest absolute Gasteiger partial charge is 0.270 e. The summed E-state index contributed by atoms with van der Waals surface area (Å²) in [6, 6.07) is 5.93. The van der Waals surface area contributed by atoms with E-state index in [1.54, 1.807) is 17.0 Å². The molecule has 5 nitrogen and oxygen atoms in total. The van der Waals surface area contributed by atoms with Gasteiger partial charge < -0.3 is 4.90 Å². The van der Waals surface area contributed by atoms with E-state index in [0.717, 1.165) is 31.3 Å². The van der Waals surface area contributed by atoms with Gasteiger partial charge in [-0.05, 0) is 24.8 Å². The largest absolute Gasteiger partial charge is 0.339 e. The first-order valence-corrected chi connectivity index (χ1v) is 7.33. The molecule has 0 bridgehead atoms. The van der Waals surface area contributed by atoms with Gasteiger partial charge >= 0.3 is 0 Å². The van der Waals surface area contributed by atoms with Gasteiger partial charge in [-0.25, -0.2) is 0 Å². The van der Waals surface area contributed by atoms with E-state index in [0.29, 0.717) is 11.5 Å². The zero-order valence-electron chi connectivity index (χ0n) is 10.4. The Labute approximate surface area is 119 Å². The van der Waals surface area contributed by atoms with Crippen LogP contribution in [0.1, 0.15) is 23.2 Å². The maximum atomic E-state index is 12.3. The number of likely N-dealkylation sites (tertiary alicyclic amines) is 1. The predicted octanol–water partition coefficient (Wildman–Crippen LogP) is 2.84. The van der Waals surface area contributed by atoms with Crippen molar-refractivity contribution in [2.24, 2.45) is 5.92 Å². The van der Waals surface area contributed by atoms with Crippen LogP contribution in [0.5, 0.6) is 0 Å². The molecule has 2 rings (SSSR count). The van der Waals surface area contributed by atoms with Crippen molar-refractivity contribution in [1.82, 2.24) is 4.90 Å². The molecule has 1 aliphatic rings. The first-order chi connectivity index (χ1) is 9.11. The molecule has 1 saturated heterocycles. The highest BCUT2D eigenvalue weighted by molar-refractivity contribution is 9.09. The first-order valence-electron chi connectivity index (χ1n) is 6.21. The number of hydrogen-bond donors (Lipinski definition) is 0. The maximum Gasteiger partial charge on any atom is 0.270 e. The topological polar surface area (TPSA) is 63.4 Å². The van der Waals surface area contributed by atoms with Crippen molar-refractivity contribution in [2.75, 3.05) is 18.4 Å². The van der Waals surface area contributed by atoms with Crippen molar-refractivity contribution in [3.63, 3.8) is 0 Å². The number of carbonyl (C=O) groups is 1. The number of non-ortho nitro benzene ring substituents is 1. The van der Waals surface area contributed by atoms with Crippen molar-refractivity contribution in [1.29, 1.82) is 0 Å². The van der Waals surface area contributed by atoms with Gasteiger partial charge in [0.15, 0.2) is 0 Å². The molecule has 19 heavy (non-hydrogen) atoms. The summed E-state index contributed by atoms with van der Waals surface area (Å²) >= 11 is 3.46. The first kappa shape index (κ1) is 14.0. The molecule has 1 fully saturated rings. The van der Waals surface area contributed by atoms with Crippen molar-refractivity contribution in [3.8, 4) is 0 Å². The number of hydrogen-bond acceptors (Lipinski definition) is 3. The summed E-state index contributed by atoms with van der Waals surface area (Å²) in [6.07, 6.45) is 1.96. The Balaban J connectivity index is 2.08. The Hall–Kier alpha value is -1.43. The van der Waals surface area contributed by atoms with E-state index < -0.39 is 4.92 Å². The highest BCUT2D eigenvalue weighted by Gasteiger charge is 2.23. The Kier molecular flexibility index (Phi) is 4.52. The SMILES string of the molecule is O=C(c1cccc([N+](=O)[O-])c1)N1CCC(CBr)CC1. The molecule has 0 aliphatic carbocycles. The molecule has 0 aromatic heterocycles. The number of nitro benzene ring substituents is 1. The fourth-order valence-electron chi connectivity index (χ4n) is 2.23. The molecule has 0 unspecified atom stereocenters. The van der Waals surface area contributed by atoms with Gasteiger partial charge in [-0.3, -0.25) is 14.9 Å². The molecule has 1 aliphatic heterocycles. The number of halogens is 1. The Bertz CT molecular complexity index is 485. The van der Waals surface area contributed by atoms with E-state index in [9.17, 15) is 14.9 Å². The quantitative estimate of drug-likeness (QED) is 0.487. The Morgan fingerprint density at radius 3 is 2.68 bits per heavy atom. The van der Waals surface area contributed by atoms with Crippen LogP contribution in [0.4, 0.5) is 5.69 Å². The van der Waals surface area contributed by atoms with Crippen LogP contribution in [-0.4, -0.2) is 34.2 Å². The lowest BCUT2D eigenvalue weighted by Gasteiger charge is -2.31. The number of piperidine rings is 1. The van der Waals surface area contributed by atoms with E-state index in [1.165, 1.54) is 12.1 Å². The normalized spacial score (nSPS) is 16.4. The molecule has 1 amide bonds. The summed E-state index contributed by atoms with van der Waals surface area (Å²) in [7, 11) is 0. The van der Waals surface area contributed by atoms with Gasteiger partial charge in [-0.2, -0.15) is 0 Å². The van der Waals surface area contributed by atoms with Gasteiger partial charge in [0, 0.05) is 36.1 Å². The fourth-order valence-corrected chi connectivity index (χ4v) is 2.87. The summed E-state index contributed by atoms with van der Waals surface area (Å²) in [6.45, 7) is 1.44. The molecular formula is C13H15BrN2O3. The van der Waals surface area contributed by atoms with Crippen LogP contribution in [-0.2, 0) is 0 Å². The number of alkyl halides is 1. The summed E-state index contributed by atoms with van der Waals surface area (Å²) in [5.74, 6) is 0.505. The summed E-state index contributed by atoms with van der Waals surface area (Å²) < 4.78 is 0. The van der Waals surface area contributed by atoms with Gasteiger partial charge in [0.2, 0.25) is 0 Å². The lowest BCUT2D eigenvalue weighted by Crippen LogP contribution is -2.38. The van der Waals surface area contributed by atoms with Crippen molar-refractivity contribution in [2.45, 2.75) is 12.8 Å². The van der Waals surface area contributed by atoms with E-state index in [1.807, 2.05) is 0 Å². The molecule has 1 aromatic rings. The summed E-state index contributed by atoms with van der Waals surface area (Å²) in [5, 5.41) is 11.7. The second kappa shape index (κ2) is 6.14. The lowest BCUT2D eigenvalue weighted by molar-refractivity contribution is -0.384. The van der Waals surface area contributed by atoms with Crippen molar-refractivity contribution < 1.29 is 9.72 Å². The van der Waals surface area contributed by atoms with Crippen LogP contribution in [0, 0.1) is 16.0 Å². The van der Waals surface area contributed by atoms with Gasteiger partial charge in [0.05, 0.1) is 4.92 Å². The maximum absolute atomic E-state index is 12.3. The van der Waals surface area contributed by atoms with Gasteiger partial charge in [0.1, 0.15) is 0 Å². The molecule has 0 saturated carbocycles. The van der Waals surface area contributed by atoms with Crippen molar-refractivity contribution in [3.05, 3.63) is 39.9 Å². The molecule has 102 valence electrons.